The standard InChI is InChI=1S/C15H22N2O3/c1-20-13-8-9-14(15(11-13)17(18)19)16-10-4-7-12-5-2-3-6-12/h8-9,11-12,16H,2-7,10H2,1H3. The maximum atomic E-state index is 11.0. The Labute approximate surface area is 119 Å². The maximum Gasteiger partial charge on any atom is 0.296 e. The van der Waals surface area contributed by atoms with Crippen molar-refractivity contribution in [2.75, 3.05) is 19.0 Å². The minimum Gasteiger partial charge on any atom is -0.496 e. The lowest BCUT2D eigenvalue weighted by Gasteiger charge is -2.11. The van der Waals surface area contributed by atoms with Gasteiger partial charge in [0.1, 0.15) is 11.4 Å². The number of nitro groups is 1. The highest BCUT2D eigenvalue weighted by Crippen LogP contribution is 2.30. The lowest BCUT2D eigenvalue weighted by molar-refractivity contribution is -0.384. The molecule has 2 rings (SSSR count). The molecule has 0 saturated heterocycles. The van der Waals surface area contributed by atoms with Crippen molar-refractivity contribution in [3.8, 4) is 5.75 Å². The molecule has 0 radical (unpaired) electrons. The van der Waals surface area contributed by atoms with E-state index in [0.29, 0.717) is 11.4 Å². The first kappa shape index (κ1) is 14.6. The van der Waals surface area contributed by atoms with Gasteiger partial charge in [0.15, 0.2) is 0 Å². The van der Waals surface area contributed by atoms with Gasteiger partial charge in [0.25, 0.3) is 5.69 Å². The zero-order valence-corrected chi connectivity index (χ0v) is 11.9. The minimum atomic E-state index is -0.373. The van der Waals surface area contributed by atoms with Crippen LogP contribution >= 0.6 is 0 Å². The SMILES string of the molecule is COc1ccc(NCCCC2CCCC2)c([N+](=O)[O-])c1. The molecule has 110 valence electrons. The van der Waals surface area contributed by atoms with Crippen LogP contribution in [0.4, 0.5) is 11.4 Å². The summed E-state index contributed by atoms with van der Waals surface area (Å²) in [4.78, 5) is 10.7. The Balaban J connectivity index is 1.86. The molecule has 1 aliphatic rings. The van der Waals surface area contributed by atoms with Crippen LogP contribution in [0.5, 0.6) is 5.75 Å². The number of rotatable bonds is 7. The van der Waals surface area contributed by atoms with E-state index in [-0.39, 0.29) is 10.6 Å². The third-order valence-electron chi connectivity index (χ3n) is 3.98. The molecular formula is C15H22N2O3. The first-order chi connectivity index (χ1) is 9.70. The van der Waals surface area contributed by atoms with E-state index >= 15 is 0 Å². The Morgan fingerprint density at radius 1 is 1.40 bits per heavy atom. The fraction of sp³-hybridized carbons (Fsp3) is 0.600. The summed E-state index contributed by atoms with van der Waals surface area (Å²) in [6, 6.07) is 4.91. The van der Waals surface area contributed by atoms with Gasteiger partial charge in [-0.25, -0.2) is 0 Å². The summed E-state index contributed by atoms with van der Waals surface area (Å²) in [6.45, 7) is 0.781. The number of nitrogens with zero attached hydrogens (tertiary/aromatic N) is 1. The summed E-state index contributed by atoms with van der Waals surface area (Å²) in [5, 5.41) is 14.2. The molecule has 1 N–H and O–H groups in total. The fourth-order valence-corrected chi connectivity index (χ4v) is 2.85. The number of nitrogens with one attached hydrogen (secondary N) is 1. The number of ether oxygens (including phenoxy) is 1. The smallest absolute Gasteiger partial charge is 0.296 e. The molecule has 5 nitrogen and oxygen atoms in total. The molecule has 1 aliphatic carbocycles. The van der Waals surface area contributed by atoms with E-state index in [1.54, 1.807) is 12.1 Å². The Hall–Kier alpha value is -1.78. The van der Waals surface area contributed by atoms with Gasteiger partial charge in [-0.15, -0.1) is 0 Å². The molecule has 0 unspecified atom stereocenters. The van der Waals surface area contributed by atoms with Gasteiger partial charge in [0.05, 0.1) is 18.1 Å². The molecule has 0 heterocycles. The van der Waals surface area contributed by atoms with E-state index in [0.717, 1.165) is 18.9 Å². The quantitative estimate of drug-likeness (QED) is 0.465. The van der Waals surface area contributed by atoms with E-state index < -0.39 is 0 Å². The number of hydrogen-bond donors (Lipinski definition) is 1. The molecule has 1 aromatic rings. The van der Waals surface area contributed by atoms with E-state index in [1.165, 1.54) is 45.3 Å². The van der Waals surface area contributed by atoms with E-state index in [9.17, 15) is 10.1 Å². The third-order valence-corrected chi connectivity index (χ3v) is 3.98. The third kappa shape index (κ3) is 3.85. The Kier molecular flexibility index (Phi) is 5.21. The van der Waals surface area contributed by atoms with Crippen LogP contribution < -0.4 is 10.1 Å². The lowest BCUT2D eigenvalue weighted by Crippen LogP contribution is -2.06. The summed E-state index contributed by atoms with van der Waals surface area (Å²) < 4.78 is 5.02. The van der Waals surface area contributed by atoms with Crippen molar-refractivity contribution in [1.82, 2.24) is 0 Å². The summed E-state index contributed by atoms with van der Waals surface area (Å²) in [5.41, 5.74) is 0.646. The predicted molar refractivity (Wildman–Crippen MR) is 79.3 cm³/mol. The van der Waals surface area contributed by atoms with Crippen molar-refractivity contribution in [3.05, 3.63) is 28.3 Å². The van der Waals surface area contributed by atoms with Crippen LogP contribution in [0.1, 0.15) is 38.5 Å². The van der Waals surface area contributed by atoms with Crippen molar-refractivity contribution in [1.29, 1.82) is 0 Å². The van der Waals surface area contributed by atoms with Crippen LogP contribution in [0.3, 0.4) is 0 Å². The van der Waals surface area contributed by atoms with Crippen molar-refractivity contribution in [2.24, 2.45) is 5.92 Å². The Morgan fingerprint density at radius 2 is 2.15 bits per heavy atom. The average Bonchev–Trinajstić information content (AvgIpc) is 2.96. The van der Waals surface area contributed by atoms with Crippen LogP contribution in [-0.4, -0.2) is 18.6 Å². The molecule has 5 heteroatoms. The van der Waals surface area contributed by atoms with Crippen LogP contribution in [0.25, 0.3) is 0 Å². The predicted octanol–water partition coefficient (Wildman–Crippen LogP) is 3.99. The van der Waals surface area contributed by atoms with Gasteiger partial charge in [0.2, 0.25) is 0 Å². The zero-order chi connectivity index (χ0) is 14.4. The second kappa shape index (κ2) is 7.12. The Bertz CT molecular complexity index is 456. The zero-order valence-electron chi connectivity index (χ0n) is 11.9. The van der Waals surface area contributed by atoms with Crippen LogP contribution in [0, 0.1) is 16.0 Å². The molecule has 1 fully saturated rings. The topological polar surface area (TPSA) is 64.4 Å². The van der Waals surface area contributed by atoms with Crippen molar-refractivity contribution < 1.29 is 9.66 Å². The maximum absolute atomic E-state index is 11.0. The second-order valence-corrected chi connectivity index (χ2v) is 5.36. The van der Waals surface area contributed by atoms with Gasteiger partial charge in [0, 0.05) is 6.54 Å². The van der Waals surface area contributed by atoms with Gasteiger partial charge in [-0.3, -0.25) is 10.1 Å². The number of methoxy groups -OCH3 is 1. The molecule has 0 atom stereocenters. The highest BCUT2D eigenvalue weighted by molar-refractivity contribution is 5.63. The molecule has 0 aliphatic heterocycles. The largest absolute Gasteiger partial charge is 0.496 e. The van der Waals surface area contributed by atoms with Crippen molar-refractivity contribution in [3.63, 3.8) is 0 Å². The van der Waals surface area contributed by atoms with Gasteiger partial charge in [-0.2, -0.15) is 0 Å². The minimum absolute atomic E-state index is 0.0743. The van der Waals surface area contributed by atoms with E-state index in [1.807, 2.05) is 0 Å². The van der Waals surface area contributed by atoms with Crippen LogP contribution in [-0.2, 0) is 0 Å². The van der Waals surface area contributed by atoms with Gasteiger partial charge in [-0.05, 0) is 30.9 Å². The van der Waals surface area contributed by atoms with Gasteiger partial charge >= 0.3 is 0 Å². The van der Waals surface area contributed by atoms with E-state index in [2.05, 4.69) is 5.32 Å². The van der Waals surface area contributed by atoms with Crippen LogP contribution in [0.2, 0.25) is 0 Å². The fourth-order valence-electron chi connectivity index (χ4n) is 2.85. The summed E-state index contributed by atoms with van der Waals surface area (Å²) >= 11 is 0. The first-order valence-corrected chi connectivity index (χ1v) is 7.27. The molecule has 0 amide bonds. The summed E-state index contributed by atoms with van der Waals surface area (Å²) in [5.74, 6) is 1.37. The molecule has 20 heavy (non-hydrogen) atoms. The summed E-state index contributed by atoms with van der Waals surface area (Å²) in [6.07, 6.45) is 7.71. The molecule has 0 bridgehead atoms. The molecular weight excluding hydrogens is 256 g/mol. The molecule has 0 aromatic heterocycles. The van der Waals surface area contributed by atoms with Crippen molar-refractivity contribution in [2.45, 2.75) is 38.5 Å². The first-order valence-electron chi connectivity index (χ1n) is 7.27. The highest BCUT2D eigenvalue weighted by atomic mass is 16.6. The van der Waals surface area contributed by atoms with Crippen LogP contribution in [0.15, 0.2) is 18.2 Å². The second-order valence-electron chi connectivity index (χ2n) is 5.36. The number of nitro benzene ring substituents is 1. The highest BCUT2D eigenvalue weighted by Gasteiger charge is 2.16. The normalized spacial score (nSPS) is 15.2. The van der Waals surface area contributed by atoms with E-state index in [4.69, 9.17) is 4.74 Å². The number of anilines is 1. The molecule has 0 spiro atoms. The van der Waals surface area contributed by atoms with Gasteiger partial charge in [-0.1, -0.05) is 25.7 Å². The lowest BCUT2D eigenvalue weighted by atomic mass is 10.0. The molecule has 1 aromatic carbocycles. The molecule has 1 saturated carbocycles. The van der Waals surface area contributed by atoms with Gasteiger partial charge < -0.3 is 10.1 Å². The number of hydrogen-bond acceptors (Lipinski definition) is 4. The average molecular weight is 278 g/mol. The Morgan fingerprint density at radius 3 is 2.80 bits per heavy atom. The monoisotopic (exact) mass is 278 g/mol. The van der Waals surface area contributed by atoms with Crippen molar-refractivity contribution >= 4 is 11.4 Å². The number of benzene rings is 1. The summed E-state index contributed by atoms with van der Waals surface area (Å²) in [7, 11) is 1.51.